The van der Waals surface area contributed by atoms with Crippen molar-refractivity contribution in [2.24, 2.45) is 9.98 Å². The summed E-state index contributed by atoms with van der Waals surface area (Å²) in [6.07, 6.45) is -0.629. The zero-order chi connectivity index (χ0) is 36.9. The lowest BCUT2D eigenvalue weighted by atomic mass is 9.99. The van der Waals surface area contributed by atoms with Crippen LogP contribution in [-0.4, -0.2) is 11.7 Å². The van der Waals surface area contributed by atoms with Gasteiger partial charge in [-0.2, -0.15) is 0 Å². The molecular weight excluding hydrogens is 599 g/mol. The molecule has 9 rings (SSSR count). The molecule has 0 fully saturated rings. The van der Waals surface area contributed by atoms with Gasteiger partial charge in [0.25, 0.3) is 0 Å². The minimum atomic E-state index is -0.629. The van der Waals surface area contributed by atoms with Gasteiger partial charge in [-0.05, 0) is 57.1 Å². The van der Waals surface area contributed by atoms with Gasteiger partial charge in [0.2, 0.25) is 0 Å². The summed E-state index contributed by atoms with van der Waals surface area (Å²) in [7, 11) is 0. The van der Waals surface area contributed by atoms with Crippen LogP contribution in [0.5, 0.6) is 0 Å². The number of hydrogen-bond donors (Lipinski definition) is 1. The Morgan fingerprint density at radius 1 is 0.490 bits per heavy atom. The topological polar surface area (TPSA) is 49.9 Å². The Kier molecular flexibility index (Phi) is 5.94. The monoisotopic (exact) mass is 634 g/mol. The molecular formula is C45H31N3O. The summed E-state index contributed by atoms with van der Waals surface area (Å²) in [5.41, 5.74) is 9.17. The van der Waals surface area contributed by atoms with Crippen molar-refractivity contribution in [3.63, 3.8) is 0 Å². The van der Waals surface area contributed by atoms with Crippen LogP contribution in [0.1, 0.15) is 29.7 Å². The molecule has 4 heteroatoms. The number of fused-ring (bicyclic) bond motifs is 3. The maximum absolute atomic E-state index is 8.43. The average molecular weight is 635 g/mol. The number of nitrogens with zero attached hydrogens (tertiary/aromatic N) is 2. The van der Waals surface area contributed by atoms with E-state index in [1.54, 1.807) is 12.1 Å². The van der Waals surface area contributed by atoms with Gasteiger partial charge in [-0.3, -0.25) is 0 Å². The van der Waals surface area contributed by atoms with Gasteiger partial charge in [-0.1, -0.05) is 158 Å². The lowest BCUT2D eigenvalue weighted by Gasteiger charge is -2.22. The molecule has 1 unspecified atom stereocenters. The Bertz CT molecular complexity index is 2750. The molecule has 2 heterocycles. The van der Waals surface area contributed by atoms with E-state index in [2.05, 4.69) is 59.9 Å². The van der Waals surface area contributed by atoms with Gasteiger partial charge in [0.15, 0.2) is 6.17 Å². The average Bonchev–Trinajstić information content (AvgIpc) is 3.61. The van der Waals surface area contributed by atoms with Crippen LogP contribution in [0.4, 0.5) is 0 Å². The van der Waals surface area contributed by atoms with Gasteiger partial charge in [-0.25, -0.2) is 9.98 Å². The van der Waals surface area contributed by atoms with E-state index in [4.69, 9.17) is 21.3 Å². The molecule has 8 aromatic rings. The smallest absolute Gasteiger partial charge is 0.169 e. The van der Waals surface area contributed by atoms with E-state index < -0.39 is 12.2 Å². The fourth-order valence-electron chi connectivity index (χ4n) is 6.35. The van der Waals surface area contributed by atoms with Crippen molar-refractivity contribution < 1.29 is 11.3 Å². The summed E-state index contributed by atoms with van der Waals surface area (Å²) in [4.78, 5) is 10.1. The first-order valence-electron chi connectivity index (χ1n) is 18.6. The largest absolute Gasteiger partial charge is 0.455 e. The molecule has 1 aliphatic heterocycles. The number of furan rings is 1. The van der Waals surface area contributed by atoms with Crippen LogP contribution in [0, 0.1) is 0 Å². The predicted octanol–water partition coefficient (Wildman–Crippen LogP) is 11.1. The first-order valence-corrected chi connectivity index (χ1v) is 16.1. The minimum Gasteiger partial charge on any atom is -0.455 e. The van der Waals surface area contributed by atoms with Crippen LogP contribution >= 0.6 is 0 Å². The van der Waals surface area contributed by atoms with Crippen LogP contribution in [0.2, 0.25) is 0 Å². The molecule has 1 aliphatic rings. The summed E-state index contributed by atoms with van der Waals surface area (Å²) < 4.78 is 47.6. The Hall–Kier alpha value is -6.52. The summed E-state index contributed by atoms with van der Waals surface area (Å²) in [6, 6.07) is 46.7. The third-order valence-corrected chi connectivity index (χ3v) is 8.86. The zero-order valence-corrected chi connectivity index (χ0v) is 26.2. The SMILES string of the molecule is [2H]c1c([2H])c([2H])c(-c2ccc(C3N=C(c4ccccc4)NC(c4cccc5c4oc4ccc(-c6ccc(-c7ccccc7)cc6)cc45)=N3)cc2)c([2H])c1[2H]. The number of hydrogen-bond acceptors (Lipinski definition) is 4. The fraction of sp³-hybridized carbons (Fsp3) is 0.0222. The van der Waals surface area contributed by atoms with Crippen molar-refractivity contribution in [2.45, 2.75) is 6.17 Å². The maximum atomic E-state index is 8.43. The van der Waals surface area contributed by atoms with Crippen LogP contribution in [-0.2, 0) is 0 Å². The first kappa shape index (κ1) is 23.7. The van der Waals surface area contributed by atoms with Crippen molar-refractivity contribution in [1.29, 1.82) is 0 Å². The second kappa shape index (κ2) is 12.3. The van der Waals surface area contributed by atoms with Crippen LogP contribution < -0.4 is 5.32 Å². The van der Waals surface area contributed by atoms with Gasteiger partial charge < -0.3 is 9.73 Å². The van der Waals surface area contributed by atoms with Crippen molar-refractivity contribution in [1.82, 2.24) is 5.32 Å². The molecule has 0 bridgehead atoms. The van der Waals surface area contributed by atoms with Crippen LogP contribution in [0.3, 0.4) is 0 Å². The minimum absolute atomic E-state index is 0.152. The first-order chi connectivity index (χ1) is 26.3. The van der Waals surface area contributed by atoms with Crippen molar-refractivity contribution in [3.05, 3.63) is 192 Å². The lowest BCUT2D eigenvalue weighted by Crippen LogP contribution is -2.36. The molecule has 0 saturated carbocycles. The summed E-state index contributed by atoms with van der Waals surface area (Å²) in [5.74, 6) is 1.25. The number of amidine groups is 2. The zero-order valence-electron chi connectivity index (χ0n) is 31.2. The Morgan fingerprint density at radius 3 is 1.82 bits per heavy atom. The van der Waals surface area contributed by atoms with Crippen LogP contribution in [0.15, 0.2) is 190 Å². The second-order valence-corrected chi connectivity index (χ2v) is 11.9. The van der Waals surface area contributed by atoms with Crippen molar-refractivity contribution in [2.75, 3.05) is 0 Å². The molecule has 49 heavy (non-hydrogen) atoms. The highest BCUT2D eigenvalue weighted by molar-refractivity contribution is 6.21. The molecule has 0 radical (unpaired) electrons. The van der Waals surface area contributed by atoms with E-state index in [0.717, 1.165) is 44.2 Å². The second-order valence-electron chi connectivity index (χ2n) is 11.9. The van der Waals surface area contributed by atoms with E-state index in [1.165, 1.54) is 11.1 Å². The predicted molar refractivity (Wildman–Crippen MR) is 202 cm³/mol. The van der Waals surface area contributed by atoms with E-state index in [-0.39, 0.29) is 29.7 Å². The molecule has 7 aromatic carbocycles. The van der Waals surface area contributed by atoms with Gasteiger partial charge in [0.1, 0.15) is 22.8 Å². The highest BCUT2D eigenvalue weighted by atomic mass is 16.3. The van der Waals surface area contributed by atoms with E-state index in [0.29, 0.717) is 22.8 Å². The van der Waals surface area contributed by atoms with E-state index >= 15 is 0 Å². The molecule has 1 atom stereocenters. The molecule has 1 aromatic heterocycles. The van der Waals surface area contributed by atoms with Gasteiger partial charge in [-0.15, -0.1) is 0 Å². The highest BCUT2D eigenvalue weighted by Crippen LogP contribution is 2.36. The number of aliphatic imine (C=N–C) groups is 2. The van der Waals surface area contributed by atoms with E-state index in [9.17, 15) is 0 Å². The molecule has 232 valence electrons. The van der Waals surface area contributed by atoms with Gasteiger partial charge >= 0.3 is 0 Å². The third-order valence-electron chi connectivity index (χ3n) is 8.86. The molecule has 0 amide bonds. The Balaban J connectivity index is 1.10. The summed E-state index contributed by atoms with van der Waals surface area (Å²) in [5, 5.41) is 5.45. The number of nitrogens with one attached hydrogen (secondary N) is 1. The van der Waals surface area contributed by atoms with Gasteiger partial charge in [0, 0.05) is 16.3 Å². The van der Waals surface area contributed by atoms with E-state index in [1.807, 2.05) is 78.9 Å². The number of rotatable bonds is 6. The maximum Gasteiger partial charge on any atom is 0.169 e. The number of para-hydroxylation sites is 1. The van der Waals surface area contributed by atoms with Crippen LogP contribution in [0.25, 0.3) is 55.3 Å². The normalized spacial score (nSPS) is 15.8. The fourth-order valence-corrected chi connectivity index (χ4v) is 6.35. The summed E-state index contributed by atoms with van der Waals surface area (Å²) in [6.45, 7) is 0. The van der Waals surface area contributed by atoms with Gasteiger partial charge in [0.05, 0.1) is 12.4 Å². The Morgan fingerprint density at radius 2 is 1.08 bits per heavy atom. The lowest BCUT2D eigenvalue weighted by molar-refractivity contribution is 0.667. The Labute approximate surface area is 291 Å². The molecule has 0 saturated heterocycles. The summed E-state index contributed by atoms with van der Waals surface area (Å²) >= 11 is 0. The van der Waals surface area contributed by atoms with Crippen molar-refractivity contribution in [3.8, 4) is 33.4 Å². The number of benzene rings is 7. The highest BCUT2D eigenvalue weighted by Gasteiger charge is 2.23. The molecule has 1 N–H and O–H groups in total. The van der Waals surface area contributed by atoms with Crippen molar-refractivity contribution >= 4 is 33.6 Å². The standard InChI is InChI=1S/C45H31N3O/c1-4-11-30(12-5-1)32-19-21-34(22-20-32)37-27-28-41-40(29-37)38-17-10-18-39(42(38)49-41)45-47-43(35-15-8-3-9-16-35)46-44(48-45)36-25-23-33(24-26-36)31-13-6-2-7-14-31/h1-29,44H,(H,46,47,48)/i2D,6D,7D,13D,14D. The quantitative estimate of drug-likeness (QED) is 0.198. The molecule has 0 aliphatic carbocycles. The molecule has 4 nitrogen and oxygen atoms in total. The molecule has 0 spiro atoms. The third kappa shape index (κ3) is 5.49.